The maximum Gasteiger partial charge on any atom is 0.407 e. The van der Waals surface area contributed by atoms with Gasteiger partial charge in [-0.15, -0.1) is 0 Å². The standard InChI is InChI=1S/C17H24N2O4S/c20-17(23-12-13-5-2-1-3-6-13)19-15-9-14(10-15)18-11-16-7-4-8-24(16,21)22/h1-3,5-6,14-16,18H,4,7-12H2,(H,19,20). The highest BCUT2D eigenvalue weighted by Gasteiger charge is 2.34. The fraction of sp³-hybridized carbons (Fsp3) is 0.588. The number of rotatable bonds is 6. The Morgan fingerprint density at radius 1 is 1.17 bits per heavy atom. The minimum absolute atomic E-state index is 0.103. The van der Waals surface area contributed by atoms with E-state index in [-0.39, 0.29) is 23.9 Å². The molecule has 1 aliphatic heterocycles. The number of carbonyl (C=O) groups is 1. The van der Waals surface area contributed by atoms with E-state index in [0.717, 1.165) is 31.2 Å². The normalized spacial score (nSPS) is 28.1. The molecule has 0 spiro atoms. The van der Waals surface area contributed by atoms with Crippen molar-refractivity contribution in [1.82, 2.24) is 10.6 Å². The molecule has 24 heavy (non-hydrogen) atoms. The molecule has 1 atom stereocenters. The van der Waals surface area contributed by atoms with Crippen molar-refractivity contribution in [3.63, 3.8) is 0 Å². The van der Waals surface area contributed by atoms with Gasteiger partial charge in [0.2, 0.25) is 0 Å². The molecule has 1 heterocycles. The molecule has 132 valence electrons. The van der Waals surface area contributed by atoms with Crippen molar-refractivity contribution in [2.45, 2.75) is 49.6 Å². The van der Waals surface area contributed by atoms with E-state index in [1.54, 1.807) is 0 Å². The van der Waals surface area contributed by atoms with Gasteiger partial charge in [0, 0.05) is 18.6 Å². The van der Waals surface area contributed by atoms with Gasteiger partial charge in [-0.2, -0.15) is 0 Å². The number of hydrogen-bond donors (Lipinski definition) is 2. The molecule has 1 saturated heterocycles. The van der Waals surface area contributed by atoms with Crippen molar-refractivity contribution < 1.29 is 17.9 Å². The van der Waals surface area contributed by atoms with Crippen LogP contribution in [-0.4, -0.2) is 44.1 Å². The van der Waals surface area contributed by atoms with E-state index in [4.69, 9.17) is 4.74 Å². The fourth-order valence-electron chi connectivity index (χ4n) is 3.22. The molecule has 3 rings (SSSR count). The summed E-state index contributed by atoms with van der Waals surface area (Å²) in [6.45, 7) is 0.790. The Bertz CT molecular complexity index is 656. The molecule has 1 aromatic carbocycles. The molecule has 0 aromatic heterocycles. The molecule has 0 bridgehead atoms. The number of sulfone groups is 1. The third kappa shape index (κ3) is 4.48. The highest BCUT2D eigenvalue weighted by molar-refractivity contribution is 7.92. The topological polar surface area (TPSA) is 84.5 Å². The van der Waals surface area contributed by atoms with E-state index >= 15 is 0 Å². The Balaban J connectivity index is 1.30. The Morgan fingerprint density at radius 3 is 2.58 bits per heavy atom. The van der Waals surface area contributed by atoms with Gasteiger partial charge >= 0.3 is 6.09 Å². The summed E-state index contributed by atoms with van der Waals surface area (Å²) in [7, 11) is -2.89. The van der Waals surface area contributed by atoms with Crippen LogP contribution in [0.1, 0.15) is 31.2 Å². The van der Waals surface area contributed by atoms with Gasteiger partial charge in [-0.1, -0.05) is 30.3 Å². The maximum absolute atomic E-state index is 11.8. The van der Waals surface area contributed by atoms with Gasteiger partial charge in [0.25, 0.3) is 0 Å². The van der Waals surface area contributed by atoms with Crippen LogP contribution in [-0.2, 0) is 21.2 Å². The lowest BCUT2D eigenvalue weighted by Crippen LogP contribution is -2.53. The van der Waals surface area contributed by atoms with Gasteiger partial charge in [-0.3, -0.25) is 0 Å². The van der Waals surface area contributed by atoms with Crippen molar-refractivity contribution in [2.75, 3.05) is 12.3 Å². The molecule has 6 nitrogen and oxygen atoms in total. The largest absolute Gasteiger partial charge is 0.445 e. The Hall–Kier alpha value is -1.60. The summed E-state index contributed by atoms with van der Waals surface area (Å²) in [5.74, 6) is 0.321. The van der Waals surface area contributed by atoms with Crippen LogP contribution < -0.4 is 10.6 Å². The Kier molecular flexibility index (Phi) is 5.40. The van der Waals surface area contributed by atoms with Crippen molar-refractivity contribution in [3.8, 4) is 0 Å². The Labute approximate surface area is 142 Å². The monoisotopic (exact) mass is 352 g/mol. The lowest BCUT2D eigenvalue weighted by Gasteiger charge is -2.36. The minimum Gasteiger partial charge on any atom is -0.445 e. The van der Waals surface area contributed by atoms with Crippen LogP contribution in [0.15, 0.2) is 30.3 Å². The van der Waals surface area contributed by atoms with E-state index in [2.05, 4.69) is 10.6 Å². The summed E-state index contributed by atoms with van der Waals surface area (Å²) >= 11 is 0. The summed E-state index contributed by atoms with van der Waals surface area (Å²) in [6, 6.07) is 9.93. The van der Waals surface area contributed by atoms with E-state index in [1.807, 2.05) is 30.3 Å². The highest BCUT2D eigenvalue weighted by atomic mass is 32.2. The average Bonchev–Trinajstić information content (AvgIpc) is 2.87. The lowest BCUT2D eigenvalue weighted by molar-refractivity contribution is 0.125. The number of nitrogens with one attached hydrogen (secondary N) is 2. The molecular weight excluding hydrogens is 328 g/mol. The van der Waals surface area contributed by atoms with Gasteiger partial charge in [0.1, 0.15) is 6.61 Å². The lowest BCUT2D eigenvalue weighted by atomic mass is 9.87. The van der Waals surface area contributed by atoms with Crippen molar-refractivity contribution >= 4 is 15.9 Å². The molecule has 2 aliphatic rings. The summed E-state index contributed by atoms with van der Waals surface area (Å²) in [4.78, 5) is 11.7. The first-order valence-electron chi connectivity index (χ1n) is 8.45. The van der Waals surface area contributed by atoms with Crippen molar-refractivity contribution in [3.05, 3.63) is 35.9 Å². The first-order valence-corrected chi connectivity index (χ1v) is 10.2. The molecule has 1 aliphatic carbocycles. The quantitative estimate of drug-likeness (QED) is 0.812. The van der Waals surface area contributed by atoms with Crippen LogP contribution in [0.2, 0.25) is 0 Å². The number of hydrogen-bond acceptors (Lipinski definition) is 5. The Morgan fingerprint density at radius 2 is 1.92 bits per heavy atom. The second kappa shape index (κ2) is 7.53. The van der Waals surface area contributed by atoms with Crippen LogP contribution in [0.4, 0.5) is 4.79 Å². The number of alkyl carbamates (subject to hydrolysis) is 1. The van der Waals surface area contributed by atoms with E-state index in [9.17, 15) is 13.2 Å². The van der Waals surface area contributed by atoms with E-state index < -0.39 is 15.9 Å². The second-order valence-electron chi connectivity index (χ2n) is 6.61. The van der Waals surface area contributed by atoms with E-state index in [0.29, 0.717) is 12.3 Å². The number of carbonyl (C=O) groups excluding carboxylic acids is 1. The van der Waals surface area contributed by atoms with E-state index in [1.165, 1.54) is 0 Å². The third-order valence-electron chi connectivity index (χ3n) is 4.77. The highest BCUT2D eigenvalue weighted by Crippen LogP contribution is 2.23. The third-order valence-corrected chi connectivity index (χ3v) is 7.05. The minimum atomic E-state index is -2.89. The predicted molar refractivity (Wildman–Crippen MR) is 91.4 cm³/mol. The summed E-state index contributed by atoms with van der Waals surface area (Å²) < 4.78 is 28.7. The maximum atomic E-state index is 11.8. The van der Waals surface area contributed by atoms with Crippen LogP contribution in [0.5, 0.6) is 0 Å². The predicted octanol–water partition coefficient (Wildman–Crippen LogP) is 1.61. The smallest absolute Gasteiger partial charge is 0.407 e. The summed E-state index contributed by atoms with van der Waals surface area (Å²) in [5, 5.41) is 5.91. The zero-order chi connectivity index (χ0) is 17.0. The van der Waals surface area contributed by atoms with Crippen LogP contribution in [0.3, 0.4) is 0 Å². The molecule has 2 N–H and O–H groups in total. The van der Waals surface area contributed by atoms with Crippen molar-refractivity contribution in [2.24, 2.45) is 0 Å². The summed E-state index contributed by atoms with van der Waals surface area (Å²) in [5.41, 5.74) is 0.957. The molecule has 1 amide bonds. The van der Waals surface area contributed by atoms with Gasteiger partial charge in [0.05, 0.1) is 11.0 Å². The van der Waals surface area contributed by atoms with Crippen LogP contribution in [0.25, 0.3) is 0 Å². The van der Waals surface area contributed by atoms with Gasteiger partial charge in [0.15, 0.2) is 9.84 Å². The molecule has 1 unspecified atom stereocenters. The van der Waals surface area contributed by atoms with Crippen molar-refractivity contribution in [1.29, 1.82) is 0 Å². The first-order chi connectivity index (χ1) is 11.5. The average molecular weight is 352 g/mol. The van der Waals surface area contributed by atoms with Gasteiger partial charge in [-0.25, -0.2) is 13.2 Å². The second-order valence-corrected chi connectivity index (χ2v) is 9.01. The number of amides is 1. The molecule has 1 saturated carbocycles. The summed E-state index contributed by atoms with van der Waals surface area (Å²) in [6.07, 6.45) is 2.76. The zero-order valence-electron chi connectivity index (χ0n) is 13.6. The number of ether oxygens (including phenoxy) is 1. The van der Waals surface area contributed by atoms with Crippen LogP contribution >= 0.6 is 0 Å². The van der Waals surface area contributed by atoms with Crippen LogP contribution in [0, 0.1) is 0 Å². The van der Waals surface area contributed by atoms with Gasteiger partial charge < -0.3 is 15.4 Å². The van der Waals surface area contributed by atoms with Gasteiger partial charge in [-0.05, 0) is 31.2 Å². The molecule has 2 fully saturated rings. The zero-order valence-corrected chi connectivity index (χ0v) is 14.4. The molecule has 7 heteroatoms. The number of benzene rings is 1. The molecule has 1 aromatic rings. The molecule has 0 radical (unpaired) electrons. The SMILES string of the molecule is O=C(NC1CC(NCC2CCCS2(=O)=O)C1)OCc1ccccc1. The molecular formula is C17H24N2O4S. The fourth-order valence-corrected chi connectivity index (χ4v) is 5.00. The first kappa shape index (κ1) is 17.2.